The fraction of sp³-hybridized carbons (Fsp3) is 0.200. The van der Waals surface area contributed by atoms with Crippen LogP contribution in [0.3, 0.4) is 0 Å². The zero-order valence-corrected chi connectivity index (χ0v) is 18.1. The van der Waals surface area contributed by atoms with E-state index < -0.39 is 0 Å². The lowest BCUT2D eigenvalue weighted by Gasteiger charge is -2.18. The normalized spacial score (nSPS) is 12.6. The molecule has 0 N–H and O–H groups in total. The number of carbonyl (C=O) groups is 1. The van der Waals surface area contributed by atoms with E-state index in [2.05, 4.69) is 23.6 Å². The lowest BCUT2D eigenvalue weighted by molar-refractivity contribution is -0.134. The highest BCUT2D eigenvalue weighted by molar-refractivity contribution is 5.78. The number of carbonyl (C=O) groups excluding carboxylic acids is 1. The number of hydrogen-bond acceptors (Lipinski definition) is 4. The Balaban J connectivity index is 1.38. The first-order valence-electron chi connectivity index (χ1n) is 10.5. The molecule has 0 unspecified atom stereocenters. The zero-order valence-electron chi connectivity index (χ0n) is 18.1. The van der Waals surface area contributed by atoms with Gasteiger partial charge < -0.3 is 18.9 Å². The van der Waals surface area contributed by atoms with Crippen LogP contribution in [0.2, 0.25) is 0 Å². The van der Waals surface area contributed by atoms with Crippen molar-refractivity contribution in [1.29, 1.82) is 0 Å². The molecule has 0 spiro atoms. The first kappa shape index (κ1) is 19.9. The molecule has 2 aromatic heterocycles. The van der Waals surface area contributed by atoms with Crippen molar-refractivity contribution in [2.45, 2.75) is 20.0 Å². The van der Waals surface area contributed by atoms with Crippen LogP contribution in [0.4, 0.5) is 0 Å². The van der Waals surface area contributed by atoms with E-state index >= 15 is 0 Å². The molecule has 2 aromatic carbocycles. The Morgan fingerprint density at radius 3 is 2.56 bits per heavy atom. The number of amides is 1. The third kappa shape index (κ3) is 3.73. The smallest absolute Gasteiger partial charge is 0.261 e. The number of rotatable bonds is 6. The predicted molar refractivity (Wildman–Crippen MR) is 120 cm³/mol. The van der Waals surface area contributed by atoms with E-state index in [9.17, 15) is 4.79 Å². The molecule has 1 aliphatic heterocycles. The van der Waals surface area contributed by atoms with Gasteiger partial charge in [-0.25, -0.2) is 4.68 Å². The van der Waals surface area contributed by atoms with E-state index in [1.54, 1.807) is 18.1 Å². The molecular weight excluding hydrogens is 404 g/mol. The van der Waals surface area contributed by atoms with E-state index in [0.717, 1.165) is 22.8 Å². The minimum absolute atomic E-state index is 0.0336. The van der Waals surface area contributed by atoms with Gasteiger partial charge in [0.15, 0.2) is 6.61 Å². The van der Waals surface area contributed by atoms with Gasteiger partial charge >= 0.3 is 0 Å². The van der Waals surface area contributed by atoms with E-state index in [1.807, 2.05) is 59.5 Å². The van der Waals surface area contributed by atoms with E-state index in [0.29, 0.717) is 24.6 Å². The van der Waals surface area contributed by atoms with Crippen LogP contribution in [0.5, 0.6) is 11.5 Å². The van der Waals surface area contributed by atoms with Gasteiger partial charge in [0.2, 0.25) is 0 Å². The molecule has 5 rings (SSSR count). The van der Waals surface area contributed by atoms with Crippen molar-refractivity contribution in [3.05, 3.63) is 89.9 Å². The van der Waals surface area contributed by atoms with Gasteiger partial charge in [-0.1, -0.05) is 18.2 Å². The number of fused-ring (bicyclic) bond motifs is 1. The van der Waals surface area contributed by atoms with Crippen LogP contribution in [0, 0.1) is 6.92 Å². The minimum atomic E-state index is -0.0774. The van der Waals surface area contributed by atoms with E-state index in [-0.39, 0.29) is 12.5 Å². The second-order valence-electron chi connectivity index (χ2n) is 7.81. The first-order valence-corrected chi connectivity index (χ1v) is 10.5. The quantitative estimate of drug-likeness (QED) is 0.467. The van der Waals surface area contributed by atoms with Gasteiger partial charge in [0.1, 0.15) is 17.3 Å². The maximum absolute atomic E-state index is 12.9. The molecule has 1 amide bonds. The molecule has 0 aliphatic carbocycles. The van der Waals surface area contributed by atoms with Crippen molar-refractivity contribution in [3.8, 4) is 23.0 Å². The summed E-state index contributed by atoms with van der Waals surface area (Å²) in [6.45, 7) is 2.99. The summed E-state index contributed by atoms with van der Waals surface area (Å²) in [5.41, 5.74) is 4.13. The summed E-state index contributed by atoms with van der Waals surface area (Å²) in [5.74, 6) is 2.18. The van der Waals surface area contributed by atoms with Crippen LogP contribution < -0.4 is 9.47 Å². The summed E-state index contributed by atoms with van der Waals surface area (Å²) < 4.78 is 14.9. The number of nitrogens with zero attached hydrogens (tertiary/aromatic N) is 4. The predicted octanol–water partition coefficient (Wildman–Crippen LogP) is 3.90. The van der Waals surface area contributed by atoms with Crippen LogP contribution in [0.1, 0.15) is 16.8 Å². The summed E-state index contributed by atoms with van der Waals surface area (Å²) in [5, 5.41) is 4.88. The molecule has 0 radical (unpaired) electrons. The van der Waals surface area contributed by atoms with Gasteiger partial charge in [0.05, 0.1) is 31.6 Å². The fourth-order valence-electron chi connectivity index (χ4n) is 3.99. The summed E-state index contributed by atoms with van der Waals surface area (Å²) >= 11 is 0. The monoisotopic (exact) mass is 428 g/mol. The Morgan fingerprint density at radius 2 is 1.78 bits per heavy atom. The van der Waals surface area contributed by atoms with Crippen LogP contribution in [0.15, 0.2) is 73.1 Å². The molecule has 0 saturated heterocycles. The van der Waals surface area contributed by atoms with Gasteiger partial charge in [-0.2, -0.15) is 5.10 Å². The summed E-state index contributed by atoms with van der Waals surface area (Å²) in [7, 11) is 1.60. The lowest BCUT2D eigenvalue weighted by atomic mass is 10.2. The standard InChI is InChI=1S/C25H24N4O3/c1-18-7-5-8-19(13-18)29-25(27-11-3-4-12-27)22-15-28(16-23(22)26-29)24(30)17-32-21-10-6-9-20(14-21)31-2/h3-14H,15-17H2,1-2H3. The molecule has 4 aromatic rings. The summed E-state index contributed by atoms with van der Waals surface area (Å²) in [6.07, 6.45) is 4.00. The SMILES string of the molecule is COc1cccc(OCC(=O)N2Cc3nn(-c4cccc(C)c4)c(-n4cccc4)c3C2)c1. The highest BCUT2D eigenvalue weighted by atomic mass is 16.5. The molecule has 0 fully saturated rings. The summed E-state index contributed by atoms with van der Waals surface area (Å²) in [6, 6.07) is 19.5. The topological polar surface area (TPSA) is 61.5 Å². The van der Waals surface area contributed by atoms with Crippen molar-refractivity contribution in [3.63, 3.8) is 0 Å². The molecule has 162 valence electrons. The highest BCUT2D eigenvalue weighted by Gasteiger charge is 2.31. The zero-order chi connectivity index (χ0) is 22.1. The van der Waals surface area contributed by atoms with Crippen LogP contribution in [-0.2, 0) is 17.9 Å². The molecule has 32 heavy (non-hydrogen) atoms. The molecule has 7 nitrogen and oxygen atoms in total. The van der Waals surface area contributed by atoms with E-state index in [1.165, 1.54) is 5.56 Å². The molecule has 1 aliphatic rings. The number of aromatic nitrogens is 3. The third-order valence-corrected chi connectivity index (χ3v) is 5.58. The largest absolute Gasteiger partial charge is 0.497 e. The number of aryl methyl sites for hydroxylation is 1. The van der Waals surface area contributed by atoms with E-state index in [4.69, 9.17) is 14.6 Å². The van der Waals surface area contributed by atoms with Gasteiger partial charge in [0.25, 0.3) is 5.91 Å². The maximum atomic E-state index is 12.9. The van der Waals surface area contributed by atoms with Crippen molar-refractivity contribution >= 4 is 5.91 Å². The minimum Gasteiger partial charge on any atom is -0.497 e. The average molecular weight is 428 g/mol. The van der Waals surface area contributed by atoms with Crippen molar-refractivity contribution in [2.75, 3.05) is 13.7 Å². The van der Waals surface area contributed by atoms with Crippen LogP contribution in [-0.4, -0.2) is 38.9 Å². The van der Waals surface area contributed by atoms with Crippen LogP contribution in [0.25, 0.3) is 11.5 Å². The fourth-order valence-corrected chi connectivity index (χ4v) is 3.99. The Morgan fingerprint density at radius 1 is 1.00 bits per heavy atom. The Kier molecular flexibility index (Phi) is 5.15. The van der Waals surface area contributed by atoms with Crippen molar-refractivity contribution < 1.29 is 14.3 Å². The average Bonchev–Trinajstić information content (AvgIpc) is 3.53. The number of benzene rings is 2. The van der Waals surface area contributed by atoms with Gasteiger partial charge in [-0.3, -0.25) is 4.79 Å². The maximum Gasteiger partial charge on any atom is 0.261 e. The second kappa shape index (κ2) is 8.26. The number of methoxy groups -OCH3 is 1. The number of hydrogen-bond donors (Lipinski definition) is 0. The van der Waals surface area contributed by atoms with Gasteiger partial charge in [-0.15, -0.1) is 0 Å². The Bertz CT molecular complexity index is 1260. The van der Waals surface area contributed by atoms with Crippen LogP contribution >= 0.6 is 0 Å². The Labute approximate surface area is 186 Å². The van der Waals surface area contributed by atoms with Gasteiger partial charge in [-0.05, 0) is 48.9 Å². The molecule has 7 heteroatoms. The highest BCUT2D eigenvalue weighted by Crippen LogP contribution is 2.31. The molecule has 0 bridgehead atoms. The molecule has 0 atom stereocenters. The lowest BCUT2D eigenvalue weighted by Crippen LogP contribution is -2.31. The van der Waals surface area contributed by atoms with Crippen molar-refractivity contribution in [2.24, 2.45) is 0 Å². The first-order chi connectivity index (χ1) is 15.6. The second-order valence-corrected chi connectivity index (χ2v) is 7.81. The molecule has 0 saturated carbocycles. The summed E-state index contributed by atoms with van der Waals surface area (Å²) in [4.78, 5) is 14.6. The molecule has 3 heterocycles. The number of ether oxygens (including phenoxy) is 2. The Hall–Kier alpha value is -4.00. The molecular formula is C25H24N4O3. The van der Waals surface area contributed by atoms with Crippen molar-refractivity contribution in [1.82, 2.24) is 19.2 Å². The van der Waals surface area contributed by atoms with Gasteiger partial charge in [0, 0.05) is 24.0 Å². The third-order valence-electron chi connectivity index (χ3n) is 5.58.